The number of rotatable bonds is 8. The Morgan fingerprint density at radius 2 is 2.13 bits per heavy atom. The van der Waals surface area contributed by atoms with Crippen molar-refractivity contribution in [3.8, 4) is 0 Å². The number of β-lactam (4-membered cyclic amide) rings is 1. The highest BCUT2D eigenvalue weighted by Gasteiger charge is 2.68. The second kappa shape index (κ2) is 9.19. The summed E-state index contributed by atoms with van der Waals surface area (Å²) in [6.45, 7) is 1.96. The van der Waals surface area contributed by atoms with E-state index in [-0.39, 0.29) is 34.4 Å². The Kier molecular flexibility index (Phi) is 6.84. The predicted molar refractivity (Wildman–Crippen MR) is 117 cm³/mol. The van der Waals surface area contributed by atoms with Gasteiger partial charge < -0.3 is 15.2 Å². The Bertz CT molecular complexity index is 935. The molecule has 11 heteroatoms. The summed E-state index contributed by atoms with van der Waals surface area (Å²) in [6, 6.07) is 8.94. The van der Waals surface area contributed by atoms with Crippen LogP contribution < -0.4 is 5.32 Å². The van der Waals surface area contributed by atoms with Gasteiger partial charge in [0.05, 0.1) is 23.0 Å². The third-order valence-corrected chi connectivity index (χ3v) is 7.13. The second-order valence-electron chi connectivity index (χ2n) is 6.37. The average molecular weight is 467 g/mol. The lowest BCUT2D eigenvalue weighted by Gasteiger charge is -2.56. The van der Waals surface area contributed by atoms with Gasteiger partial charge in [-0.05, 0) is 24.2 Å². The lowest BCUT2D eigenvalue weighted by Crippen LogP contribution is -2.82. The summed E-state index contributed by atoms with van der Waals surface area (Å²) < 4.78 is 5.37. The first-order valence-electron chi connectivity index (χ1n) is 8.91. The number of thiocarbonyl (C=S) groups is 1. The summed E-state index contributed by atoms with van der Waals surface area (Å²) in [5.41, 5.74) is -0.701. The molecular weight excluding hydrogens is 448 g/mol. The van der Waals surface area contributed by atoms with Gasteiger partial charge in [-0.1, -0.05) is 42.5 Å². The highest BCUT2D eigenvalue weighted by atomic mass is 32.2. The molecule has 158 valence electrons. The van der Waals surface area contributed by atoms with Gasteiger partial charge in [-0.3, -0.25) is 19.3 Å². The number of carboxylic acid groups (broad SMARTS) is 1. The van der Waals surface area contributed by atoms with Gasteiger partial charge in [-0.25, -0.2) is 4.79 Å². The third-order valence-electron chi connectivity index (χ3n) is 4.58. The zero-order valence-electron chi connectivity index (χ0n) is 15.8. The first-order valence-corrected chi connectivity index (χ1v) is 11.2. The minimum absolute atomic E-state index is 0.00739. The van der Waals surface area contributed by atoms with Crippen molar-refractivity contribution in [1.82, 2.24) is 10.2 Å². The number of hydrogen-bond acceptors (Lipinski definition) is 8. The van der Waals surface area contributed by atoms with Crippen molar-refractivity contribution in [3.63, 3.8) is 0 Å². The lowest BCUT2D eigenvalue weighted by atomic mass is 9.87. The molecule has 2 aliphatic heterocycles. The molecule has 1 fully saturated rings. The fraction of sp³-hybridized carbons (Fsp3) is 0.316. The van der Waals surface area contributed by atoms with Crippen LogP contribution >= 0.6 is 35.7 Å². The van der Waals surface area contributed by atoms with Crippen LogP contribution in [0, 0.1) is 0 Å². The molecule has 1 saturated heterocycles. The molecule has 2 atom stereocenters. The lowest BCUT2D eigenvalue weighted by molar-refractivity contribution is -0.154. The molecule has 8 nitrogen and oxygen atoms in total. The molecule has 1 unspecified atom stereocenters. The number of aliphatic carboxylic acids is 1. The summed E-state index contributed by atoms with van der Waals surface area (Å²) in [7, 11) is 0. The van der Waals surface area contributed by atoms with Gasteiger partial charge in [0.2, 0.25) is 5.91 Å². The Balaban J connectivity index is 1.93. The van der Waals surface area contributed by atoms with Crippen LogP contribution in [0.15, 0.2) is 41.8 Å². The Morgan fingerprint density at radius 1 is 1.43 bits per heavy atom. The number of carboxylic acids is 1. The number of thioether (sulfide) groups is 2. The van der Waals surface area contributed by atoms with Crippen LogP contribution in [0.4, 0.5) is 0 Å². The summed E-state index contributed by atoms with van der Waals surface area (Å²) >= 11 is 7.16. The van der Waals surface area contributed by atoms with Crippen LogP contribution in [0.3, 0.4) is 0 Å². The van der Waals surface area contributed by atoms with E-state index in [1.807, 2.05) is 6.07 Å². The summed E-state index contributed by atoms with van der Waals surface area (Å²) in [5, 5.41) is 11.5. The normalized spacial score (nSPS) is 22.6. The van der Waals surface area contributed by atoms with Gasteiger partial charge in [0, 0.05) is 0 Å². The standard InChI is InChI=1S/C19H18N2O6S3/c1-2-27-12-9-29-17-19(18(28)30-10-22,16(26)21(17)14(12)15(24)25)20-13(23)8-11-6-4-3-5-7-11/h3-7,10,17H,2,8-9H2,1H3,(H,20,23)(H,24,25)/t17-,19?/m0/s1. The predicted octanol–water partition coefficient (Wildman–Crippen LogP) is 1.58. The van der Waals surface area contributed by atoms with Gasteiger partial charge in [0.25, 0.3) is 5.91 Å². The van der Waals surface area contributed by atoms with Crippen molar-refractivity contribution >= 4 is 63.3 Å². The molecule has 0 saturated carbocycles. The van der Waals surface area contributed by atoms with Gasteiger partial charge in [-0.15, -0.1) is 11.8 Å². The first-order chi connectivity index (χ1) is 14.4. The van der Waals surface area contributed by atoms with Crippen LogP contribution in [-0.2, 0) is 30.3 Å². The summed E-state index contributed by atoms with van der Waals surface area (Å²) in [5.74, 6) is -2.10. The fourth-order valence-electron chi connectivity index (χ4n) is 3.35. The van der Waals surface area contributed by atoms with Gasteiger partial charge in [0.15, 0.2) is 16.9 Å². The zero-order valence-corrected chi connectivity index (χ0v) is 18.3. The molecule has 2 aliphatic rings. The highest BCUT2D eigenvalue weighted by molar-refractivity contribution is 8.32. The maximum atomic E-state index is 13.2. The molecule has 2 amide bonds. The minimum Gasteiger partial charge on any atom is -0.495 e. The Morgan fingerprint density at radius 3 is 2.73 bits per heavy atom. The summed E-state index contributed by atoms with van der Waals surface area (Å²) in [6.07, 6.45) is 0.00739. The molecule has 2 N–H and O–H groups in total. The molecule has 0 aliphatic carbocycles. The minimum atomic E-state index is -1.66. The molecule has 0 radical (unpaired) electrons. The van der Waals surface area contributed by atoms with Crippen molar-refractivity contribution in [2.24, 2.45) is 0 Å². The SMILES string of the molecule is CCOC1=C(C(=O)O)N2C(=O)C(NC(=O)Cc3ccccc3)(C(=S)SC=O)[C@@H]2SC1. The van der Waals surface area contributed by atoms with Crippen molar-refractivity contribution < 1.29 is 29.0 Å². The van der Waals surface area contributed by atoms with E-state index < -0.39 is 28.7 Å². The zero-order chi connectivity index (χ0) is 21.9. The number of nitrogens with one attached hydrogen (secondary N) is 1. The van der Waals surface area contributed by atoms with Crippen molar-refractivity contribution in [2.45, 2.75) is 24.3 Å². The van der Waals surface area contributed by atoms with E-state index in [0.29, 0.717) is 17.4 Å². The Labute approximate surface area is 186 Å². The first kappa shape index (κ1) is 22.3. The number of amides is 2. The number of benzene rings is 1. The van der Waals surface area contributed by atoms with Crippen molar-refractivity contribution in [2.75, 3.05) is 12.4 Å². The fourth-order valence-corrected chi connectivity index (χ4v) is 5.80. The van der Waals surface area contributed by atoms with Crippen LogP contribution in [0.2, 0.25) is 0 Å². The van der Waals surface area contributed by atoms with E-state index in [0.717, 1.165) is 10.5 Å². The van der Waals surface area contributed by atoms with E-state index in [4.69, 9.17) is 17.0 Å². The van der Waals surface area contributed by atoms with Gasteiger partial charge in [0.1, 0.15) is 11.1 Å². The molecule has 0 bridgehead atoms. The molecule has 30 heavy (non-hydrogen) atoms. The smallest absolute Gasteiger partial charge is 0.356 e. The molecule has 2 heterocycles. The quantitative estimate of drug-likeness (QED) is 0.335. The van der Waals surface area contributed by atoms with Crippen LogP contribution in [0.25, 0.3) is 0 Å². The van der Waals surface area contributed by atoms with E-state index in [1.165, 1.54) is 11.8 Å². The monoisotopic (exact) mass is 466 g/mol. The topological polar surface area (TPSA) is 113 Å². The molecule has 1 aromatic rings. The Hall–Kier alpha value is -2.37. The van der Waals surface area contributed by atoms with E-state index >= 15 is 0 Å². The highest BCUT2D eigenvalue weighted by Crippen LogP contribution is 2.48. The molecule has 3 rings (SSSR count). The maximum absolute atomic E-state index is 13.2. The molecule has 0 spiro atoms. The number of nitrogens with zero attached hydrogens (tertiary/aromatic N) is 1. The van der Waals surface area contributed by atoms with E-state index in [9.17, 15) is 24.3 Å². The van der Waals surface area contributed by atoms with E-state index in [2.05, 4.69) is 5.32 Å². The number of hydrogen-bond donors (Lipinski definition) is 2. The molecular formula is C19H18N2O6S3. The number of ether oxygens (including phenoxy) is 1. The molecule has 1 aromatic carbocycles. The second-order valence-corrected chi connectivity index (χ2v) is 8.94. The van der Waals surface area contributed by atoms with E-state index in [1.54, 1.807) is 31.2 Å². The number of carbonyl (C=O) groups excluding carboxylic acids is 3. The molecule has 0 aromatic heterocycles. The summed E-state index contributed by atoms with van der Waals surface area (Å²) in [4.78, 5) is 49.9. The maximum Gasteiger partial charge on any atom is 0.356 e. The van der Waals surface area contributed by atoms with Crippen LogP contribution in [0.5, 0.6) is 0 Å². The average Bonchev–Trinajstić information content (AvgIpc) is 2.72. The largest absolute Gasteiger partial charge is 0.495 e. The van der Waals surface area contributed by atoms with Crippen LogP contribution in [0.1, 0.15) is 12.5 Å². The van der Waals surface area contributed by atoms with Crippen molar-refractivity contribution in [3.05, 3.63) is 47.4 Å². The van der Waals surface area contributed by atoms with Gasteiger partial charge >= 0.3 is 5.97 Å². The van der Waals surface area contributed by atoms with Crippen molar-refractivity contribution in [1.29, 1.82) is 0 Å². The van der Waals surface area contributed by atoms with Crippen LogP contribution in [-0.4, -0.2) is 60.9 Å². The number of carbonyl (C=O) groups is 4. The van der Waals surface area contributed by atoms with Gasteiger partial charge in [-0.2, -0.15) is 0 Å². The third kappa shape index (κ3) is 3.84. The number of fused-ring (bicyclic) bond motifs is 1.